The van der Waals surface area contributed by atoms with Gasteiger partial charge in [-0.1, -0.05) is 5.16 Å². The molecule has 0 saturated carbocycles. The number of aliphatic carboxylic acids is 1. The van der Waals surface area contributed by atoms with Crippen molar-refractivity contribution in [2.24, 2.45) is 0 Å². The third-order valence-corrected chi connectivity index (χ3v) is 5.32. The van der Waals surface area contributed by atoms with Crippen molar-refractivity contribution in [1.29, 1.82) is 0 Å². The van der Waals surface area contributed by atoms with Crippen LogP contribution in [0.1, 0.15) is 24.3 Å². The van der Waals surface area contributed by atoms with Crippen LogP contribution in [0, 0.1) is 13.8 Å². The Bertz CT molecular complexity index is 880. The van der Waals surface area contributed by atoms with Gasteiger partial charge in [0.25, 0.3) is 15.9 Å². The fourth-order valence-corrected chi connectivity index (χ4v) is 3.85. The standard InChI is InChI=1S/C14H17N3O8S/c1-7-12(8(2)25-15-7)26(23,24)16-10(18)4-3-5-17-6-9(14(21)22)11(19)13(17)20/h19H,3-6H2,1-2H3,(H,16,18)(H,21,22). The second kappa shape index (κ2) is 7.15. The first-order valence-electron chi connectivity index (χ1n) is 7.47. The number of hydrogen-bond donors (Lipinski definition) is 3. The van der Waals surface area contributed by atoms with E-state index in [9.17, 15) is 27.9 Å². The van der Waals surface area contributed by atoms with E-state index in [1.54, 1.807) is 0 Å². The van der Waals surface area contributed by atoms with E-state index in [1.807, 2.05) is 4.72 Å². The number of carboxylic acid groups (broad SMARTS) is 1. The molecule has 1 aromatic heterocycles. The first-order valence-corrected chi connectivity index (χ1v) is 8.96. The lowest BCUT2D eigenvalue weighted by Gasteiger charge is -2.15. The molecular weight excluding hydrogens is 370 g/mol. The molecule has 142 valence electrons. The maximum Gasteiger partial charge on any atom is 0.337 e. The molecule has 1 aliphatic rings. The highest BCUT2D eigenvalue weighted by molar-refractivity contribution is 7.90. The van der Waals surface area contributed by atoms with E-state index < -0.39 is 39.1 Å². The summed E-state index contributed by atoms with van der Waals surface area (Å²) in [4.78, 5) is 35.3. The molecule has 0 aromatic carbocycles. The zero-order valence-corrected chi connectivity index (χ0v) is 14.8. The molecule has 0 atom stereocenters. The molecule has 0 fully saturated rings. The average molecular weight is 387 g/mol. The number of amides is 2. The van der Waals surface area contributed by atoms with E-state index in [-0.39, 0.29) is 42.3 Å². The van der Waals surface area contributed by atoms with Gasteiger partial charge in [0.1, 0.15) is 11.3 Å². The molecular formula is C14H17N3O8S. The molecule has 0 aliphatic carbocycles. The number of rotatable bonds is 7. The number of hydrogen-bond acceptors (Lipinski definition) is 8. The van der Waals surface area contributed by atoms with E-state index in [4.69, 9.17) is 9.63 Å². The van der Waals surface area contributed by atoms with Crippen molar-refractivity contribution in [2.45, 2.75) is 31.6 Å². The van der Waals surface area contributed by atoms with Crippen molar-refractivity contribution in [3.8, 4) is 0 Å². The topological polar surface area (TPSA) is 167 Å². The number of carboxylic acids is 1. The molecule has 2 heterocycles. The molecule has 2 amide bonds. The van der Waals surface area contributed by atoms with Crippen LogP contribution in [0.15, 0.2) is 20.8 Å². The zero-order chi connectivity index (χ0) is 19.6. The Balaban J connectivity index is 1.89. The second-order valence-electron chi connectivity index (χ2n) is 5.64. The quantitative estimate of drug-likeness (QED) is 0.564. The molecule has 11 nitrogen and oxygen atoms in total. The predicted molar refractivity (Wildman–Crippen MR) is 84.4 cm³/mol. The molecule has 0 radical (unpaired) electrons. The molecule has 2 rings (SSSR count). The summed E-state index contributed by atoms with van der Waals surface area (Å²) < 4.78 is 31.0. The Morgan fingerprint density at radius 1 is 1.35 bits per heavy atom. The largest absolute Gasteiger partial charge is 0.503 e. The van der Waals surface area contributed by atoms with Crippen LogP contribution in [0.4, 0.5) is 0 Å². The maximum absolute atomic E-state index is 12.2. The Labute approximate surface area is 148 Å². The monoisotopic (exact) mass is 387 g/mol. The van der Waals surface area contributed by atoms with E-state index in [1.165, 1.54) is 13.8 Å². The lowest BCUT2D eigenvalue weighted by molar-refractivity contribution is -0.133. The van der Waals surface area contributed by atoms with Crippen molar-refractivity contribution in [3.63, 3.8) is 0 Å². The molecule has 0 bridgehead atoms. The number of aryl methyl sites for hydroxylation is 2. The third-order valence-electron chi connectivity index (χ3n) is 3.70. The van der Waals surface area contributed by atoms with Gasteiger partial charge in [0.05, 0.1) is 6.54 Å². The number of nitrogens with one attached hydrogen (secondary N) is 1. The first kappa shape index (κ1) is 19.4. The number of aliphatic hydroxyl groups is 1. The first-order chi connectivity index (χ1) is 12.0. The fourth-order valence-electron chi connectivity index (χ4n) is 2.51. The number of aromatic nitrogens is 1. The van der Waals surface area contributed by atoms with Crippen molar-refractivity contribution < 1.29 is 37.5 Å². The number of carbonyl (C=O) groups is 3. The highest BCUT2D eigenvalue weighted by atomic mass is 32.2. The number of aliphatic hydroxyl groups excluding tert-OH is 1. The van der Waals surface area contributed by atoms with E-state index in [2.05, 4.69) is 5.16 Å². The van der Waals surface area contributed by atoms with Crippen LogP contribution in [-0.2, 0) is 24.4 Å². The molecule has 12 heteroatoms. The summed E-state index contributed by atoms with van der Waals surface area (Å²) in [6.45, 7) is 2.53. The van der Waals surface area contributed by atoms with Crippen molar-refractivity contribution >= 4 is 27.8 Å². The Kier molecular flexibility index (Phi) is 5.35. The zero-order valence-electron chi connectivity index (χ0n) is 14.0. The lowest BCUT2D eigenvalue weighted by atomic mass is 10.2. The van der Waals surface area contributed by atoms with Gasteiger partial charge in [-0.25, -0.2) is 17.9 Å². The highest BCUT2D eigenvalue weighted by Gasteiger charge is 2.33. The van der Waals surface area contributed by atoms with Crippen LogP contribution in [0.25, 0.3) is 0 Å². The second-order valence-corrected chi connectivity index (χ2v) is 7.26. The van der Waals surface area contributed by atoms with Crippen LogP contribution >= 0.6 is 0 Å². The van der Waals surface area contributed by atoms with Crippen LogP contribution in [-0.4, -0.2) is 59.6 Å². The summed E-state index contributed by atoms with van der Waals surface area (Å²) in [6.07, 6.45) is -0.148. The summed E-state index contributed by atoms with van der Waals surface area (Å²) in [5.74, 6) is -3.82. The number of sulfonamides is 1. The Hall–Kier alpha value is -2.89. The van der Waals surface area contributed by atoms with Crippen LogP contribution in [0.2, 0.25) is 0 Å². The van der Waals surface area contributed by atoms with Crippen LogP contribution in [0.5, 0.6) is 0 Å². The lowest BCUT2D eigenvalue weighted by Crippen LogP contribution is -2.33. The fraction of sp³-hybridized carbons (Fsp3) is 0.429. The molecule has 0 spiro atoms. The summed E-state index contributed by atoms with van der Waals surface area (Å²) in [5.41, 5.74) is -0.298. The van der Waals surface area contributed by atoms with Crippen molar-refractivity contribution in [2.75, 3.05) is 13.1 Å². The van der Waals surface area contributed by atoms with Gasteiger partial charge in [-0.3, -0.25) is 9.59 Å². The molecule has 1 aromatic rings. The third kappa shape index (κ3) is 3.85. The van der Waals surface area contributed by atoms with Crippen LogP contribution < -0.4 is 4.72 Å². The highest BCUT2D eigenvalue weighted by Crippen LogP contribution is 2.19. The van der Waals surface area contributed by atoms with Gasteiger partial charge in [-0.15, -0.1) is 0 Å². The smallest absolute Gasteiger partial charge is 0.337 e. The molecule has 26 heavy (non-hydrogen) atoms. The van der Waals surface area contributed by atoms with E-state index in [0.717, 1.165) is 4.90 Å². The van der Waals surface area contributed by atoms with Gasteiger partial charge in [0.2, 0.25) is 5.91 Å². The van der Waals surface area contributed by atoms with Crippen molar-refractivity contribution in [1.82, 2.24) is 14.8 Å². The average Bonchev–Trinajstić information content (AvgIpc) is 3.01. The summed E-state index contributed by atoms with van der Waals surface area (Å²) >= 11 is 0. The van der Waals surface area contributed by atoms with E-state index >= 15 is 0 Å². The minimum atomic E-state index is -4.13. The van der Waals surface area contributed by atoms with Gasteiger partial charge < -0.3 is 19.6 Å². The number of carbonyl (C=O) groups excluding carboxylic acids is 2. The predicted octanol–water partition coefficient (Wildman–Crippen LogP) is -0.385. The SMILES string of the molecule is Cc1noc(C)c1S(=O)(=O)NC(=O)CCCN1CC(C(=O)O)=C(O)C1=O. The summed E-state index contributed by atoms with van der Waals surface area (Å²) in [7, 11) is -4.13. The van der Waals surface area contributed by atoms with Crippen LogP contribution in [0.3, 0.4) is 0 Å². The molecule has 0 saturated heterocycles. The normalized spacial score (nSPS) is 14.8. The molecule has 1 aliphatic heterocycles. The van der Waals surface area contributed by atoms with Gasteiger partial charge in [0.15, 0.2) is 16.4 Å². The minimum Gasteiger partial charge on any atom is -0.503 e. The van der Waals surface area contributed by atoms with Gasteiger partial charge >= 0.3 is 5.97 Å². The van der Waals surface area contributed by atoms with Gasteiger partial charge in [0, 0.05) is 13.0 Å². The maximum atomic E-state index is 12.2. The van der Waals surface area contributed by atoms with Gasteiger partial charge in [-0.05, 0) is 20.3 Å². The van der Waals surface area contributed by atoms with Gasteiger partial charge in [-0.2, -0.15) is 0 Å². The molecule has 3 N–H and O–H groups in total. The molecule has 0 unspecified atom stereocenters. The summed E-state index contributed by atoms with van der Waals surface area (Å²) in [5, 5.41) is 21.8. The van der Waals surface area contributed by atoms with Crippen molar-refractivity contribution in [3.05, 3.63) is 22.8 Å². The minimum absolute atomic E-state index is 0.0154. The van der Waals surface area contributed by atoms with E-state index in [0.29, 0.717) is 0 Å². The Morgan fingerprint density at radius 3 is 2.50 bits per heavy atom. The number of nitrogens with zero attached hydrogens (tertiary/aromatic N) is 2. The summed E-state index contributed by atoms with van der Waals surface area (Å²) in [6, 6.07) is 0. The Morgan fingerprint density at radius 2 is 2.00 bits per heavy atom.